The van der Waals surface area contributed by atoms with Crippen LogP contribution in [0, 0.1) is 0 Å². The molecule has 3 N–H and O–H groups in total. The highest BCUT2D eigenvalue weighted by atomic mass is 32.3. The minimum atomic E-state index is -2.08. The first-order valence-corrected chi connectivity index (χ1v) is 7.22. The van der Waals surface area contributed by atoms with E-state index >= 15 is 0 Å². The van der Waals surface area contributed by atoms with E-state index in [-0.39, 0.29) is 5.91 Å². The lowest BCUT2D eigenvalue weighted by molar-refractivity contribution is -0.129. The Hall–Kier alpha value is -0.300. The standard InChI is InChI=1S/C7H17N3O2S.C2H6/c1-7(11)9-3-5-10(6-4-9)13(2,8)12;1-2/h12H,3-6,8H2,1-2H3;1-2H3. The molecule has 1 rings (SSSR count). The first-order chi connectivity index (χ1) is 6.91. The highest BCUT2D eigenvalue weighted by molar-refractivity contribution is 8.24. The van der Waals surface area contributed by atoms with Crippen LogP contribution >= 0.6 is 10.7 Å². The lowest BCUT2D eigenvalue weighted by atomic mass is 10.3. The van der Waals surface area contributed by atoms with Crippen molar-refractivity contribution in [3.8, 4) is 0 Å². The van der Waals surface area contributed by atoms with Crippen LogP contribution in [0.25, 0.3) is 0 Å². The van der Waals surface area contributed by atoms with Gasteiger partial charge in [-0.15, -0.1) is 0 Å². The zero-order chi connectivity index (χ0) is 12.1. The predicted molar refractivity (Wildman–Crippen MR) is 65.5 cm³/mol. The van der Waals surface area contributed by atoms with Gasteiger partial charge in [0.25, 0.3) is 0 Å². The van der Waals surface area contributed by atoms with Gasteiger partial charge >= 0.3 is 0 Å². The van der Waals surface area contributed by atoms with Gasteiger partial charge in [0.05, 0.1) is 0 Å². The number of hydrogen-bond donors (Lipinski definition) is 2. The monoisotopic (exact) mass is 237 g/mol. The maximum absolute atomic E-state index is 11.0. The third-order valence-corrected chi connectivity index (χ3v) is 3.62. The Balaban J connectivity index is 0.000000921. The van der Waals surface area contributed by atoms with E-state index in [0.717, 1.165) is 0 Å². The van der Waals surface area contributed by atoms with Crippen LogP contribution in [0.1, 0.15) is 20.8 Å². The molecule has 15 heavy (non-hydrogen) atoms. The van der Waals surface area contributed by atoms with Gasteiger partial charge < -0.3 is 9.45 Å². The quantitative estimate of drug-likeness (QED) is 0.710. The number of piperazine rings is 1. The smallest absolute Gasteiger partial charge is 0.219 e. The van der Waals surface area contributed by atoms with Crippen molar-refractivity contribution in [2.45, 2.75) is 20.8 Å². The summed E-state index contributed by atoms with van der Waals surface area (Å²) >= 11 is 0. The van der Waals surface area contributed by atoms with Gasteiger partial charge in [0.1, 0.15) is 0 Å². The molecule has 1 heterocycles. The van der Waals surface area contributed by atoms with Crippen molar-refractivity contribution in [1.82, 2.24) is 9.21 Å². The highest BCUT2D eigenvalue weighted by Crippen LogP contribution is 2.34. The van der Waals surface area contributed by atoms with Crippen molar-refractivity contribution in [2.75, 3.05) is 32.4 Å². The third kappa shape index (κ3) is 4.83. The molecule has 0 bridgehead atoms. The number of nitrogens with two attached hydrogens (primary N) is 1. The van der Waals surface area contributed by atoms with E-state index < -0.39 is 10.7 Å². The maximum Gasteiger partial charge on any atom is 0.219 e. The Morgan fingerprint density at radius 3 is 1.93 bits per heavy atom. The van der Waals surface area contributed by atoms with Crippen LogP contribution in [0.4, 0.5) is 0 Å². The normalized spacial score (nSPS) is 23.5. The molecule has 0 aliphatic carbocycles. The first kappa shape index (κ1) is 14.7. The van der Waals surface area contributed by atoms with Gasteiger partial charge in [-0.05, 0) is 10.7 Å². The van der Waals surface area contributed by atoms with Crippen molar-refractivity contribution in [1.29, 1.82) is 0 Å². The van der Waals surface area contributed by atoms with Gasteiger partial charge in [-0.3, -0.25) is 9.93 Å². The minimum Gasteiger partial charge on any atom is -0.340 e. The van der Waals surface area contributed by atoms with Gasteiger partial charge in [0.2, 0.25) is 5.91 Å². The summed E-state index contributed by atoms with van der Waals surface area (Å²) in [7, 11) is -2.08. The fraction of sp³-hybridized carbons (Fsp3) is 0.889. The number of rotatable bonds is 1. The van der Waals surface area contributed by atoms with Crippen molar-refractivity contribution >= 4 is 16.6 Å². The molecule has 1 amide bonds. The lowest BCUT2D eigenvalue weighted by Gasteiger charge is -2.42. The summed E-state index contributed by atoms with van der Waals surface area (Å²) in [4.78, 5) is 12.7. The summed E-state index contributed by atoms with van der Waals surface area (Å²) in [6.45, 7) is 8.21. The second-order valence-corrected chi connectivity index (χ2v) is 5.63. The fourth-order valence-corrected chi connectivity index (χ4v) is 2.28. The molecule has 1 aliphatic heterocycles. The van der Waals surface area contributed by atoms with Crippen LogP contribution in [-0.4, -0.2) is 52.1 Å². The van der Waals surface area contributed by atoms with E-state index in [4.69, 9.17) is 5.14 Å². The summed E-state index contributed by atoms with van der Waals surface area (Å²) < 4.78 is 11.4. The van der Waals surface area contributed by atoms with Crippen molar-refractivity contribution in [3.63, 3.8) is 0 Å². The third-order valence-electron chi connectivity index (χ3n) is 2.21. The molecule has 0 aromatic rings. The minimum absolute atomic E-state index is 0.0892. The van der Waals surface area contributed by atoms with Gasteiger partial charge in [-0.1, -0.05) is 13.8 Å². The van der Waals surface area contributed by atoms with Crippen LogP contribution in [-0.2, 0) is 4.79 Å². The molecule has 92 valence electrons. The zero-order valence-corrected chi connectivity index (χ0v) is 10.9. The van der Waals surface area contributed by atoms with Gasteiger partial charge in [0.15, 0.2) is 0 Å². The predicted octanol–water partition coefficient (Wildman–Crippen LogP) is 0.873. The zero-order valence-electron chi connectivity index (χ0n) is 10.1. The number of carbonyl (C=O) groups excluding carboxylic acids is 1. The molecule has 1 atom stereocenters. The van der Waals surface area contributed by atoms with E-state index in [1.54, 1.807) is 18.1 Å². The Morgan fingerprint density at radius 1 is 1.27 bits per heavy atom. The Kier molecular flexibility index (Phi) is 6.19. The molecule has 0 aromatic carbocycles. The van der Waals surface area contributed by atoms with Gasteiger partial charge in [-0.2, -0.15) is 0 Å². The molecule has 1 saturated heterocycles. The van der Waals surface area contributed by atoms with Gasteiger partial charge in [-0.25, -0.2) is 4.31 Å². The highest BCUT2D eigenvalue weighted by Gasteiger charge is 2.25. The molecule has 0 radical (unpaired) electrons. The largest absolute Gasteiger partial charge is 0.340 e. The molecular weight excluding hydrogens is 214 g/mol. The second-order valence-electron chi connectivity index (χ2n) is 3.33. The number of nitrogens with zero attached hydrogens (tertiary/aromatic N) is 2. The topological polar surface area (TPSA) is 69.8 Å². The van der Waals surface area contributed by atoms with E-state index in [1.807, 2.05) is 18.2 Å². The summed E-state index contributed by atoms with van der Waals surface area (Å²) in [6, 6.07) is 0. The van der Waals surface area contributed by atoms with E-state index in [0.29, 0.717) is 26.2 Å². The number of hydrogen-bond acceptors (Lipinski definition) is 4. The maximum atomic E-state index is 11.0. The van der Waals surface area contributed by atoms with Crippen molar-refractivity contribution in [2.24, 2.45) is 5.14 Å². The van der Waals surface area contributed by atoms with E-state index in [2.05, 4.69) is 0 Å². The van der Waals surface area contributed by atoms with Crippen LogP contribution in [0.15, 0.2) is 0 Å². The summed E-state index contributed by atoms with van der Waals surface area (Å²) in [5, 5.41) is 5.59. The average molecular weight is 237 g/mol. The summed E-state index contributed by atoms with van der Waals surface area (Å²) in [5.41, 5.74) is 0. The first-order valence-electron chi connectivity index (χ1n) is 5.20. The molecule has 1 unspecified atom stereocenters. The molecule has 0 aromatic heterocycles. The summed E-state index contributed by atoms with van der Waals surface area (Å²) in [5.74, 6) is 0.0892. The summed E-state index contributed by atoms with van der Waals surface area (Å²) in [6.07, 6.45) is 1.64. The Bertz CT molecular complexity index is 198. The SMILES string of the molecule is CC.CC(=O)N1CCN(S(C)(N)O)CC1. The molecule has 0 saturated carbocycles. The van der Waals surface area contributed by atoms with Crippen LogP contribution < -0.4 is 5.14 Å². The Labute approximate surface area is 94.0 Å². The molecule has 6 heteroatoms. The van der Waals surface area contributed by atoms with E-state index in [1.165, 1.54) is 0 Å². The van der Waals surface area contributed by atoms with Crippen LogP contribution in [0.2, 0.25) is 0 Å². The lowest BCUT2D eigenvalue weighted by Crippen LogP contribution is -2.49. The van der Waals surface area contributed by atoms with Crippen molar-refractivity contribution in [3.05, 3.63) is 0 Å². The number of carbonyl (C=O) groups is 1. The average Bonchev–Trinajstić information content (AvgIpc) is 2.20. The van der Waals surface area contributed by atoms with Crippen LogP contribution in [0.3, 0.4) is 0 Å². The molecule has 1 aliphatic rings. The molecule has 5 nitrogen and oxygen atoms in total. The molecule has 1 fully saturated rings. The van der Waals surface area contributed by atoms with E-state index in [9.17, 15) is 9.35 Å². The molecule has 0 spiro atoms. The van der Waals surface area contributed by atoms with Crippen LogP contribution in [0.5, 0.6) is 0 Å². The fourth-order valence-electron chi connectivity index (χ4n) is 1.37. The van der Waals surface area contributed by atoms with Gasteiger partial charge in [0, 0.05) is 39.4 Å². The second kappa shape index (κ2) is 6.32. The Morgan fingerprint density at radius 2 is 1.67 bits per heavy atom. The number of amides is 1. The molecular formula is C9H23N3O2S. The van der Waals surface area contributed by atoms with Crippen molar-refractivity contribution < 1.29 is 9.35 Å².